The fraction of sp³-hybridized carbons (Fsp3) is 0.591. The van der Waals surface area contributed by atoms with Crippen molar-refractivity contribution >= 4 is 16.8 Å². The fourth-order valence-electron chi connectivity index (χ4n) is 3.22. The number of methoxy groups -OCH3 is 2. The lowest BCUT2D eigenvalue weighted by Gasteiger charge is -2.11. The summed E-state index contributed by atoms with van der Waals surface area (Å²) in [6.07, 6.45) is 3.46. The number of H-pyrrole nitrogens is 1. The molecule has 0 unspecified atom stereocenters. The maximum Gasteiger partial charge on any atom is 0.328 e. The molecular weight excluding hydrogens is 402 g/mol. The molecule has 31 heavy (non-hydrogen) atoms. The Hall–Kier alpha value is -2.81. The number of fused-ring (bicyclic) bond motifs is 1. The molecule has 0 saturated heterocycles. The second kappa shape index (κ2) is 12.1. The molecule has 2 rings (SSSR count). The summed E-state index contributed by atoms with van der Waals surface area (Å²) in [4.78, 5) is 39.7. The topological polar surface area (TPSA) is 112 Å². The predicted octanol–water partition coefficient (Wildman–Crippen LogP) is 2.20. The maximum absolute atomic E-state index is 12.8. The third-order valence-electron chi connectivity index (χ3n) is 4.87. The van der Waals surface area contributed by atoms with E-state index in [1.165, 1.54) is 18.8 Å². The highest BCUT2D eigenvalue weighted by Gasteiger charge is 2.12. The number of carbonyl (C=O) groups is 1. The van der Waals surface area contributed by atoms with Crippen molar-refractivity contribution in [2.75, 3.05) is 27.4 Å². The lowest BCUT2D eigenvalue weighted by molar-refractivity contribution is -0.121. The zero-order valence-electron chi connectivity index (χ0n) is 18.8. The van der Waals surface area contributed by atoms with Gasteiger partial charge in [-0.25, -0.2) is 4.79 Å². The molecule has 2 aromatic rings. The van der Waals surface area contributed by atoms with Gasteiger partial charge in [0, 0.05) is 32.2 Å². The molecule has 1 aromatic carbocycles. The van der Waals surface area contributed by atoms with E-state index in [1.54, 1.807) is 12.1 Å². The molecule has 2 N–H and O–H groups in total. The fourth-order valence-corrected chi connectivity index (χ4v) is 3.22. The minimum atomic E-state index is -0.467. The first-order valence-electron chi connectivity index (χ1n) is 10.6. The van der Waals surface area contributed by atoms with Crippen LogP contribution in [0.5, 0.6) is 11.5 Å². The van der Waals surface area contributed by atoms with Gasteiger partial charge >= 0.3 is 5.69 Å². The third-order valence-corrected chi connectivity index (χ3v) is 4.87. The van der Waals surface area contributed by atoms with Gasteiger partial charge in [0.2, 0.25) is 5.91 Å². The van der Waals surface area contributed by atoms with Crippen LogP contribution in [0.1, 0.15) is 46.0 Å². The minimum absolute atomic E-state index is 0.00584. The van der Waals surface area contributed by atoms with Gasteiger partial charge in [0.05, 0.1) is 31.2 Å². The lowest BCUT2D eigenvalue weighted by Crippen LogP contribution is -2.35. The van der Waals surface area contributed by atoms with E-state index in [9.17, 15) is 14.4 Å². The Morgan fingerprint density at radius 2 is 1.77 bits per heavy atom. The Kier molecular flexibility index (Phi) is 9.58. The van der Waals surface area contributed by atoms with Gasteiger partial charge < -0.3 is 24.5 Å². The Morgan fingerprint density at radius 3 is 2.45 bits per heavy atom. The monoisotopic (exact) mass is 435 g/mol. The number of benzene rings is 1. The van der Waals surface area contributed by atoms with Gasteiger partial charge in [0.25, 0.3) is 5.56 Å². The van der Waals surface area contributed by atoms with E-state index in [1.807, 2.05) is 13.8 Å². The number of aromatic nitrogens is 2. The van der Waals surface area contributed by atoms with E-state index in [2.05, 4.69) is 10.3 Å². The quantitative estimate of drug-likeness (QED) is 0.467. The van der Waals surface area contributed by atoms with Crippen molar-refractivity contribution in [2.24, 2.45) is 0 Å². The van der Waals surface area contributed by atoms with Crippen molar-refractivity contribution in [2.45, 2.75) is 58.6 Å². The SMILES string of the molecule is COc1cc2[nH]c(=O)n(CCCCCC(=O)NCCCOC(C)C)c(=O)c2cc1OC. The van der Waals surface area contributed by atoms with E-state index in [4.69, 9.17) is 14.2 Å². The van der Waals surface area contributed by atoms with Crippen LogP contribution in [0.4, 0.5) is 0 Å². The summed E-state index contributed by atoms with van der Waals surface area (Å²) in [6, 6.07) is 3.15. The van der Waals surface area contributed by atoms with Crippen LogP contribution in [-0.4, -0.2) is 48.9 Å². The van der Waals surface area contributed by atoms with Crippen molar-refractivity contribution in [3.8, 4) is 11.5 Å². The normalized spacial score (nSPS) is 11.1. The molecule has 1 aromatic heterocycles. The second-order valence-corrected chi connectivity index (χ2v) is 7.57. The largest absolute Gasteiger partial charge is 0.493 e. The van der Waals surface area contributed by atoms with Crippen molar-refractivity contribution in [1.82, 2.24) is 14.9 Å². The number of hydrogen-bond acceptors (Lipinski definition) is 6. The molecule has 0 aliphatic rings. The Labute approximate surface area is 181 Å². The van der Waals surface area contributed by atoms with E-state index >= 15 is 0 Å². The van der Waals surface area contributed by atoms with Crippen LogP contribution >= 0.6 is 0 Å². The molecule has 0 atom stereocenters. The molecular formula is C22H33N3O6. The number of nitrogens with zero attached hydrogens (tertiary/aromatic N) is 1. The second-order valence-electron chi connectivity index (χ2n) is 7.57. The third kappa shape index (κ3) is 7.13. The number of amides is 1. The van der Waals surface area contributed by atoms with Gasteiger partial charge in [-0.2, -0.15) is 0 Å². The Bertz CT molecular complexity index is 980. The minimum Gasteiger partial charge on any atom is -0.493 e. The summed E-state index contributed by atoms with van der Waals surface area (Å²) in [5.41, 5.74) is -0.438. The Balaban J connectivity index is 1.84. The number of aromatic amines is 1. The smallest absolute Gasteiger partial charge is 0.328 e. The van der Waals surface area contributed by atoms with Crippen molar-refractivity contribution in [1.29, 1.82) is 0 Å². The van der Waals surface area contributed by atoms with Crippen LogP contribution < -0.4 is 26.0 Å². The number of unbranched alkanes of at least 4 members (excludes halogenated alkanes) is 2. The molecule has 172 valence electrons. The molecule has 0 saturated carbocycles. The molecule has 9 nitrogen and oxygen atoms in total. The van der Waals surface area contributed by atoms with Crippen molar-refractivity contribution in [3.05, 3.63) is 33.0 Å². The van der Waals surface area contributed by atoms with E-state index in [0.29, 0.717) is 54.8 Å². The lowest BCUT2D eigenvalue weighted by atomic mass is 10.2. The number of carbonyl (C=O) groups excluding carboxylic acids is 1. The first kappa shape index (κ1) is 24.5. The van der Waals surface area contributed by atoms with Gasteiger partial charge in [0.1, 0.15) is 0 Å². The molecule has 1 amide bonds. The van der Waals surface area contributed by atoms with Crippen LogP contribution in [0.3, 0.4) is 0 Å². The Morgan fingerprint density at radius 1 is 1.06 bits per heavy atom. The van der Waals surface area contributed by atoms with Crippen LogP contribution in [-0.2, 0) is 16.1 Å². The summed E-state index contributed by atoms with van der Waals surface area (Å²) in [5, 5.41) is 3.23. The molecule has 0 spiro atoms. The summed E-state index contributed by atoms with van der Waals surface area (Å²) in [5.74, 6) is 0.868. The van der Waals surface area contributed by atoms with Gasteiger partial charge in [0.15, 0.2) is 11.5 Å². The van der Waals surface area contributed by atoms with E-state index in [0.717, 1.165) is 12.8 Å². The average Bonchev–Trinajstić information content (AvgIpc) is 2.74. The van der Waals surface area contributed by atoms with Crippen LogP contribution in [0.25, 0.3) is 10.9 Å². The van der Waals surface area contributed by atoms with Crippen LogP contribution in [0.2, 0.25) is 0 Å². The van der Waals surface area contributed by atoms with E-state index < -0.39 is 5.69 Å². The average molecular weight is 436 g/mol. The molecule has 0 radical (unpaired) electrons. The van der Waals surface area contributed by atoms with Crippen molar-refractivity contribution in [3.63, 3.8) is 0 Å². The van der Waals surface area contributed by atoms with Gasteiger partial charge in [-0.05, 0) is 39.2 Å². The summed E-state index contributed by atoms with van der Waals surface area (Å²) < 4.78 is 17.1. The zero-order chi connectivity index (χ0) is 22.8. The molecule has 0 aliphatic carbocycles. The maximum atomic E-state index is 12.8. The molecule has 9 heteroatoms. The van der Waals surface area contributed by atoms with Crippen LogP contribution in [0.15, 0.2) is 21.7 Å². The highest BCUT2D eigenvalue weighted by Crippen LogP contribution is 2.29. The first-order chi connectivity index (χ1) is 14.9. The van der Waals surface area contributed by atoms with Gasteiger partial charge in [-0.15, -0.1) is 0 Å². The summed E-state index contributed by atoms with van der Waals surface area (Å²) in [6.45, 7) is 5.47. The molecule has 1 heterocycles. The van der Waals surface area contributed by atoms with Crippen LogP contribution in [0, 0.1) is 0 Å². The molecule has 0 aliphatic heterocycles. The number of hydrogen-bond donors (Lipinski definition) is 2. The molecule has 0 bridgehead atoms. The highest BCUT2D eigenvalue weighted by molar-refractivity contribution is 5.81. The van der Waals surface area contributed by atoms with E-state index in [-0.39, 0.29) is 24.1 Å². The number of ether oxygens (including phenoxy) is 3. The first-order valence-corrected chi connectivity index (χ1v) is 10.6. The summed E-state index contributed by atoms with van der Waals surface area (Å²) >= 11 is 0. The number of nitrogens with one attached hydrogen (secondary N) is 2. The zero-order valence-corrected chi connectivity index (χ0v) is 18.8. The highest BCUT2D eigenvalue weighted by atomic mass is 16.5. The predicted molar refractivity (Wildman–Crippen MR) is 119 cm³/mol. The standard InChI is InChI=1S/C22H33N3O6/c1-15(2)31-12-8-10-23-20(26)9-6-5-7-11-25-21(27)16-13-18(29-3)19(30-4)14-17(16)24-22(25)28/h13-15H,5-12H2,1-4H3,(H,23,26)(H,24,28). The molecule has 0 fully saturated rings. The van der Waals surface area contributed by atoms with Crippen molar-refractivity contribution < 1.29 is 19.0 Å². The number of rotatable bonds is 13. The summed E-state index contributed by atoms with van der Waals surface area (Å²) in [7, 11) is 2.98. The van der Waals surface area contributed by atoms with Gasteiger partial charge in [-0.1, -0.05) is 6.42 Å². The van der Waals surface area contributed by atoms with Gasteiger partial charge in [-0.3, -0.25) is 14.2 Å².